The molecule has 19 nitrogen and oxygen atoms in total. The van der Waals surface area contributed by atoms with E-state index in [-0.39, 0.29) is 85.9 Å². The summed E-state index contributed by atoms with van der Waals surface area (Å²) in [6.07, 6.45) is 14.1. The maximum atomic E-state index is 12.8. The van der Waals surface area contributed by atoms with Crippen molar-refractivity contribution in [2.45, 2.75) is 120 Å². The predicted molar refractivity (Wildman–Crippen MR) is 456 cm³/mol. The maximum Gasteiger partial charge on any atom is 0.249 e. The molecule has 0 aromatic heterocycles. The van der Waals surface area contributed by atoms with Gasteiger partial charge in [-0.05, 0) is 222 Å². The topological polar surface area (TPSA) is 219 Å². The number of nitrogens with zero attached hydrogens (tertiary/aromatic N) is 7. The third kappa shape index (κ3) is 18.4. The van der Waals surface area contributed by atoms with E-state index in [4.69, 9.17) is 0 Å². The number of carbonyl (C=O) groups excluding carboxylic acids is 7. The van der Waals surface area contributed by atoms with Crippen molar-refractivity contribution in [1.82, 2.24) is 30.7 Å². The van der Waals surface area contributed by atoms with E-state index in [1.165, 1.54) is 80.1 Å². The third-order valence-corrected chi connectivity index (χ3v) is 25.4. The molecule has 5 N–H and O–H groups in total. The van der Waals surface area contributed by atoms with Crippen LogP contribution in [0, 0.1) is 11.8 Å². The number of hydrogen-bond acceptors (Lipinski definition) is 15. The van der Waals surface area contributed by atoms with Crippen molar-refractivity contribution in [3.63, 3.8) is 0 Å². The first-order valence-electron chi connectivity index (χ1n) is 40.9. The summed E-state index contributed by atoms with van der Waals surface area (Å²) in [4.78, 5) is 99.0. The summed E-state index contributed by atoms with van der Waals surface area (Å²) in [6, 6.07) is 67.5. The van der Waals surface area contributed by atoms with Gasteiger partial charge < -0.3 is 49.7 Å². The summed E-state index contributed by atoms with van der Waals surface area (Å²) in [7, 11) is 0. The number of benzene rings is 8. The molecule has 0 radical (unpaired) electrons. The Hall–Kier alpha value is -10.9. The molecular formula is C95H107ClN10O9. The fraction of sp³-hybridized carbons (Fsp3) is 0.379. The lowest BCUT2D eigenvalue weighted by atomic mass is 9.69. The quantitative estimate of drug-likeness (QED) is 0.0476. The maximum absolute atomic E-state index is 12.8. The van der Waals surface area contributed by atoms with Gasteiger partial charge in [0.05, 0.1) is 0 Å². The van der Waals surface area contributed by atoms with Crippen molar-refractivity contribution < 1.29 is 43.8 Å². The van der Waals surface area contributed by atoms with Crippen molar-refractivity contribution in [1.29, 1.82) is 0 Å². The Kier molecular flexibility index (Phi) is 25.8. The van der Waals surface area contributed by atoms with Crippen LogP contribution in [-0.4, -0.2) is 177 Å². The van der Waals surface area contributed by atoms with Gasteiger partial charge in [0.15, 0.2) is 0 Å². The number of amides is 6. The average Bonchev–Trinajstić information content (AvgIpc) is 1.64. The molecule has 20 heteroatoms. The number of halogens is 1. The van der Waals surface area contributed by atoms with Crippen LogP contribution in [0.3, 0.4) is 0 Å². The first-order valence-corrected chi connectivity index (χ1v) is 40.9. The van der Waals surface area contributed by atoms with Gasteiger partial charge in [0.25, 0.3) is 0 Å². The lowest BCUT2D eigenvalue weighted by molar-refractivity contribution is -0.142. The number of piperidine rings is 4. The third-order valence-electron chi connectivity index (χ3n) is 25.4. The lowest BCUT2D eigenvalue weighted by Gasteiger charge is -2.40. The number of piperazine rings is 2. The van der Waals surface area contributed by atoms with Crippen LogP contribution in [0.2, 0.25) is 0 Å². The van der Waals surface area contributed by atoms with Gasteiger partial charge in [-0.2, -0.15) is 0 Å². The standard InChI is InChI=1S/C47H51N5O4.C28H29NO2.C19H22N4O3.CH4.ClH/c53-40-15-17-42-36(28-40)10-16-41(34-4-2-1-3-5-34)46(42)35-8-13-38(14-9-35)50-22-20-32(21-23-50)30-49-24-26-51(27-25-49)39-11-6-33(7-12-39)37-29-45(55)52(31-37)43-18-19-44(54)48-47(43)56;30-19-20-14-16-29(17-15-20)24-9-6-22(7-10-24)28-26(21-4-2-1-3-5-21)12-8-23-18-25(31)11-13-27(23)28;24-17-6-5-16(19(26)21-17)23-12-14(11-18(23)25)13-1-3-15(4-2-13)22-9-7-20-8-10-22;;/h1-9,11-15,17,28-29,32,41,43,46,53H,10,16,18-27,30-31H2,(H,48,54,56);1-7,9-11,13,18-20,26,28,31H,8,12,14-17H2;1-4,11,16,20H,5-10,12H2,(H,21,24,26);1H4;1H/t41-,43?,46+;26-,28+;;;/m11.../s1. The number of imide groups is 2. The fourth-order valence-electron chi connectivity index (χ4n) is 19.2. The van der Waals surface area contributed by atoms with Crippen LogP contribution in [0.15, 0.2) is 206 Å². The number of hydrogen-bond donors (Lipinski definition) is 5. The Morgan fingerprint density at radius 2 is 0.791 bits per heavy atom. The Balaban J connectivity index is 0.000000156. The van der Waals surface area contributed by atoms with Gasteiger partial charge in [-0.1, -0.05) is 129 Å². The minimum absolute atomic E-state index is 0. The minimum Gasteiger partial charge on any atom is -0.508 e. The summed E-state index contributed by atoms with van der Waals surface area (Å²) in [6.45, 7) is 14.0. The number of aryl methyl sites for hydroxylation is 2. The number of nitrogens with one attached hydrogen (secondary N) is 3. The van der Waals surface area contributed by atoms with Crippen LogP contribution in [0.25, 0.3) is 11.1 Å². The molecule has 6 atom stereocenters. The van der Waals surface area contributed by atoms with E-state index in [0.717, 1.165) is 152 Å². The Morgan fingerprint density at radius 1 is 0.400 bits per heavy atom. The van der Waals surface area contributed by atoms with Gasteiger partial charge in [0.1, 0.15) is 29.9 Å². The molecule has 0 bridgehead atoms. The fourth-order valence-corrected chi connectivity index (χ4v) is 19.2. The molecule has 2 unspecified atom stereocenters. The summed E-state index contributed by atoms with van der Waals surface area (Å²) in [5, 5.41) is 28.3. The molecule has 6 fully saturated rings. The highest BCUT2D eigenvalue weighted by atomic mass is 35.5. The largest absolute Gasteiger partial charge is 0.508 e. The average molecular weight is 1570 g/mol. The monoisotopic (exact) mass is 1570 g/mol. The van der Waals surface area contributed by atoms with Crippen LogP contribution in [0.1, 0.15) is 151 Å². The summed E-state index contributed by atoms with van der Waals surface area (Å²) in [5.41, 5.74) is 19.4. The normalized spacial score (nSPS) is 22.7. The van der Waals surface area contributed by atoms with Crippen molar-refractivity contribution >= 4 is 88.0 Å². The molecule has 6 amide bonds. The highest BCUT2D eigenvalue weighted by molar-refractivity contribution is 6.07. The number of rotatable bonds is 15. The highest BCUT2D eigenvalue weighted by Crippen LogP contribution is 2.49. The van der Waals surface area contributed by atoms with Gasteiger partial charge in [-0.15, -0.1) is 12.4 Å². The molecule has 115 heavy (non-hydrogen) atoms. The summed E-state index contributed by atoms with van der Waals surface area (Å²) < 4.78 is 0. The van der Waals surface area contributed by atoms with Crippen LogP contribution in [0.5, 0.6) is 11.5 Å². The van der Waals surface area contributed by atoms with Crippen LogP contribution >= 0.6 is 12.4 Å². The molecule has 2 aliphatic carbocycles. The number of aldehydes is 1. The summed E-state index contributed by atoms with van der Waals surface area (Å²) >= 11 is 0. The van der Waals surface area contributed by atoms with Crippen LogP contribution < -0.4 is 35.6 Å². The van der Waals surface area contributed by atoms with Crippen LogP contribution in [-0.2, 0) is 46.4 Å². The number of anilines is 4. The van der Waals surface area contributed by atoms with Crippen molar-refractivity contribution in [2.75, 3.05) is 118 Å². The molecule has 8 aromatic rings. The van der Waals surface area contributed by atoms with Crippen LogP contribution in [0.4, 0.5) is 22.7 Å². The van der Waals surface area contributed by atoms with Gasteiger partial charge in [-0.25, -0.2) is 0 Å². The van der Waals surface area contributed by atoms with Gasteiger partial charge >= 0.3 is 0 Å². The number of carbonyl (C=O) groups is 7. The molecule has 0 spiro atoms. The molecule has 8 heterocycles. The zero-order valence-corrected chi connectivity index (χ0v) is 65.5. The van der Waals surface area contributed by atoms with E-state index >= 15 is 0 Å². The van der Waals surface area contributed by atoms with E-state index < -0.39 is 12.1 Å². The summed E-state index contributed by atoms with van der Waals surface area (Å²) in [5.74, 6) is 1.38. The van der Waals surface area contributed by atoms with Gasteiger partial charge in [-0.3, -0.25) is 44.3 Å². The van der Waals surface area contributed by atoms with E-state index in [1.54, 1.807) is 22.0 Å². The zero-order chi connectivity index (χ0) is 77.5. The zero-order valence-electron chi connectivity index (χ0n) is 64.7. The van der Waals surface area contributed by atoms with E-state index in [0.29, 0.717) is 55.2 Å². The molecular weight excluding hydrogens is 1460 g/mol. The second kappa shape index (κ2) is 36.7. The second-order valence-electron chi connectivity index (χ2n) is 32.2. The lowest BCUT2D eigenvalue weighted by Crippen LogP contribution is -2.53. The number of phenols is 2. The molecule has 0 saturated carbocycles. The van der Waals surface area contributed by atoms with Gasteiger partial charge in [0, 0.05) is 164 Å². The van der Waals surface area contributed by atoms with Crippen molar-refractivity contribution in [2.24, 2.45) is 11.8 Å². The minimum atomic E-state index is -0.590. The first-order chi connectivity index (χ1) is 55.2. The molecule has 6 saturated heterocycles. The van der Waals surface area contributed by atoms with Crippen molar-refractivity contribution in [3.8, 4) is 11.5 Å². The Morgan fingerprint density at radius 3 is 1.20 bits per heavy atom. The highest BCUT2D eigenvalue weighted by Gasteiger charge is 2.40. The smallest absolute Gasteiger partial charge is 0.249 e. The SMILES string of the molecule is C.Cl.O=C1CCC(N2CC(c3ccc(N4CCN(CC5CCN(c6ccc([C@@H]7c8ccc(O)cc8CC[C@@H]7c7ccccc7)cc6)CC5)CC4)cc3)=CC2=O)C(=O)N1.O=C1CCC(N2CC(c3ccc(N4CCNCC4)cc3)=CC2=O)C(=O)N1.O=CC1CCN(c2ccc([C@@H]3c4ccc(O)cc4CC[C@@H]3c3ccccc3)cc2)CC1. The molecule has 598 valence electrons. The van der Waals surface area contributed by atoms with E-state index in [1.807, 2.05) is 36.4 Å². The number of phenolic OH excluding ortho intramolecular Hbond substituents is 2. The number of aromatic hydroxyl groups is 2. The second-order valence-corrected chi connectivity index (χ2v) is 32.2. The molecule has 8 aromatic carbocycles. The van der Waals surface area contributed by atoms with E-state index in [2.05, 4.69) is 198 Å². The number of fused-ring (bicyclic) bond motifs is 2. The molecule has 18 rings (SSSR count). The Labute approximate surface area is 681 Å². The van der Waals surface area contributed by atoms with Crippen molar-refractivity contribution in [3.05, 3.63) is 262 Å². The first kappa shape index (κ1) is 80.7. The Bertz CT molecular complexity index is 4820. The molecule has 8 aliphatic heterocycles. The van der Waals surface area contributed by atoms with Gasteiger partial charge in [0.2, 0.25) is 35.4 Å². The van der Waals surface area contributed by atoms with E-state index in [9.17, 15) is 43.8 Å². The predicted octanol–water partition coefficient (Wildman–Crippen LogP) is 13.2. The molecule has 10 aliphatic rings.